The van der Waals surface area contributed by atoms with Gasteiger partial charge < -0.3 is 15.5 Å². The first kappa shape index (κ1) is 10.4. The summed E-state index contributed by atoms with van der Waals surface area (Å²) in [5.41, 5.74) is 9.01. The van der Waals surface area contributed by atoms with E-state index in [1.807, 2.05) is 17.0 Å². The molecule has 1 fully saturated rings. The predicted octanol–water partition coefficient (Wildman–Crippen LogP) is 0.864. The summed E-state index contributed by atoms with van der Waals surface area (Å²) in [6, 6.07) is 5.98. The van der Waals surface area contributed by atoms with Crippen LogP contribution in [0.5, 0.6) is 0 Å². The Morgan fingerprint density at radius 1 is 1.29 bits per heavy atom. The van der Waals surface area contributed by atoms with Crippen molar-refractivity contribution in [2.75, 3.05) is 36.8 Å². The van der Waals surface area contributed by atoms with Crippen LogP contribution >= 0.6 is 0 Å². The van der Waals surface area contributed by atoms with Crippen molar-refractivity contribution in [3.05, 3.63) is 23.8 Å². The van der Waals surface area contributed by atoms with Crippen LogP contribution in [0.15, 0.2) is 18.2 Å². The minimum Gasteiger partial charge on any atom is -0.399 e. The van der Waals surface area contributed by atoms with E-state index in [0.29, 0.717) is 6.54 Å². The van der Waals surface area contributed by atoms with Crippen molar-refractivity contribution < 1.29 is 4.79 Å². The third-order valence-electron chi connectivity index (χ3n) is 3.64. The lowest BCUT2D eigenvalue weighted by Gasteiger charge is -2.33. The number of nitrogens with zero attached hydrogens (tertiary/aromatic N) is 2. The minimum atomic E-state index is 0.242. The Bertz CT molecular complexity index is 454. The molecule has 0 spiro atoms. The smallest absolute Gasteiger partial charge is 0.242 e. The lowest BCUT2D eigenvalue weighted by molar-refractivity contribution is -0.133. The normalized spacial score (nSPS) is 17.9. The first-order valence-electron chi connectivity index (χ1n) is 6.15. The quantitative estimate of drug-likeness (QED) is 0.768. The van der Waals surface area contributed by atoms with E-state index in [9.17, 15) is 4.79 Å². The molecule has 2 N–H and O–H groups in total. The standard InChI is InChI=1S/C13H17N3O/c14-11-3-2-10-4-7-16(12(10)8-11)9-13(17)15-5-1-6-15/h2-3,8H,1,4-7,9,14H2. The maximum absolute atomic E-state index is 11.9. The van der Waals surface area contributed by atoms with Gasteiger partial charge in [0.1, 0.15) is 0 Å². The highest BCUT2D eigenvalue weighted by Gasteiger charge is 2.25. The molecule has 90 valence electrons. The molecule has 0 aromatic heterocycles. The summed E-state index contributed by atoms with van der Waals surface area (Å²) in [6.45, 7) is 3.28. The van der Waals surface area contributed by atoms with E-state index < -0.39 is 0 Å². The van der Waals surface area contributed by atoms with E-state index in [4.69, 9.17) is 5.73 Å². The van der Waals surface area contributed by atoms with E-state index in [-0.39, 0.29) is 5.91 Å². The molecule has 17 heavy (non-hydrogen) atoms. The third kappa shape index (κ3) is 1.84. The predicted molar refractivity (Wildman–Crippen MR) is 68.0 cm³/mol. The molecule has 0 atom stereocenters. The summed E-state index contributed by atoms with van der Waals surface area (Å²) < 4.78 is 0. The Labute approximate surface area is 101 Å². The fourth-order valence-corrected chi connectivity index (χ4v) is 2.46. The van der Waals surface area contributed by atoms with Crippen LogP contribution in [0.3, 0.4) is 0 Å². The minimum absolute atomic E-state index is 0.242. The molecule has 4 nitrogen and oxygen atoms in total. The van der Waals surface area contributed by atoms with Crippen molar-refractivity contribution in [2.24, 2.45) is 0 Å². The summed E-state index contributed by atoms with van der Waals surface area (Å²) in [5, 5.41) is 0. The van der Waals surface area contributed by atoms with Gasteiger partial charge in [0, 0.05) is 31.0 Å². The second-order valence-corrected chi connectivity index (χ2v) is 4.79. The molecule has 1 aromatic carbocycles. The largest absolute Gasteiger partial charge is 0.399 e. The first-order chi connectivity index (χ1) is 8.24. The maximum Gasteiger partial charge on any atom is 0.242 e. The van der Waals surface area contributed by atoms with Gasteiger partial charge in [-0.05, 0) is 30.5 Å². The number of nitrogens with two attached hydrogens (primary N) is 1. The van der Waals surface area contributed by atoms with E-state index in [0.717, 1.165) is 43.9 Å². The number of rotatable bonds is 2. The second kappa shape index (κ2) is 3.95. The summed E-state index contributed by atoms with van der Waals surface area (Å²) in [6.07, 6.45) is 2.16. The number of anilines is 2. The van der Waals surface area contributed by atoms with E-state index in [1.165, 1.54) is 5.56 Å². The number of benzene rings is 1. The number of nitrogen functional groups attached to an aromatic ring is 1. The topological polar surface area (TPSA) is 49.6 Å². The molecule has 2 heterocycles. The Morgan fingerprint density at radius 3 is 2.82 bits per heavy atom. The second-order valence-electron chi connectivity index (χ2n) is 4.79. The Morgan fingerprint density at radius 2 is 2.12 bits per heavy atom. The number of amides is 1. The number of likely N-dealkylation sites (tertiary alicyclic amines) is 1. The fourth-order valence-electron chi connectivity index (χ4n) is 2.46. The molecule has 0 unspecified atom stereocenters. The van der Waals surface area contributed by atoms with Crippen LogP contribution in [0.1, 0.15) is 12.0 Å². The fraction of sp³-hybridized carbons (Fsp3) is 0.462. The maximum atomic E-state index is 11.9. The summed E-state index contributed by atoms with van der Waals surface area (Å²) in [7, 11) is 0. The molecule has 4 heteroatoms. The molecule has 0 radical (unpaired) electrons. The van der Waals surface area contributed by atoms with Gasteiger partial charge >= 0.3 is 0 Å². The molecule has 1 aromatic rings. The van der Waals surface area contributed by atoms with Gasteiger partial charge in [-0.1, -0.05) is 6.07 Å². The first-order valence-corrected chi connectivity index (χ1v) is 6.15. The highest BCUT2D eigenvalue weighted by Crippen LogP contribution is 2.29. The Balaban J connectivity index is 1.74. The van der Waals surface area contributed by atoms with Gasteiger partial charge in [-0.3, -0.25) is 4.79 Å². The number of hydrogen-bond donors (Lipinski definition) is 1. The van der Waals surface area contributed by atoms with Crippen LogP contribution in [-0.2, 0) is 11.2 Å². The molecule has 0 saturated carbocycles. The monoisotopic (exact) mass is 231 g/mol. The SMILES string of the molecule is Nc1ccc2c(c1)N(CC(=O)N1CCC1)CC2. The molecule has 2 aliphatic heterocycles. The Kier molecular flexibility index (Phi) is 2.42. The molecule has 3 rings (SSSR count). The lowest BCUT2D eigenvalue weighted by atomic mass is 10.1. The van der Waals surface area contributed by atoms with Crippen molar-refractivity contribution in [3.8, 4) is 0 Å². The zero-order valence-electron chi connectivity index (χ0n) is 9.85. The van der Waals surface area contributed by atoms with E-state index in [2.05, 4.69) is 11.0 Å². The van der Waals surface area contributed by atoms with Crippen LogP contribution in [-0.4, -0.2) is 37.0 Å². The highest BCUT2D eigenvalue weighted by atomic mass is 16.2. The molecular formula is C13H17N3O. The van der Waals surface area contributed by atoms with Gasteiger partial charge in [0.25, 0.3) is 0 Å². The number of fused-ring (bicyclic) bond motifs is 1. The van der Waals surface area contributed by atoms with Crippen molar-refractivity contribution in [1.29, 1.82) is 0 Å². The number of carbonyl (C=O) groups is 1. The van der Waals surface area contributed by atoms with Crippen LogP contribution in [0, 0.1) is 0 Å². The summed E-state index contributed by atoms with van der Waals surface area (Å²) in [5.74, 6) is 0.242. The summed E-state index contributed by atoms with van der Waals surface area (Å²) in [4.78, 5) is 16.0. The van der Waals surface area contributed by atoms with Gasteiger partial charge in [-0.2, -0.15) is 0 Å². The van der Waals surface area contributed by atoms with Crippen LogP contribution in [0.25, 0.3) is 0 Å². The molecule has 1 saturated heterocycles. The lowest BCUT2D eigenvalue weighted by Crippen LogP contribution is -2.47. The number of hydrogen-bond acceptors (Lipinski definition) is 3. The molecule has 1 amide bonds. The number of carbonyl (C=O) groups excluding carboxylic acids is 1. The van der Waals surface area contributed by atoms with Crippen LogP contribution < -0.4 is 10.6 Å². The average Bonchev–Trinajstić information content (AvgIpc) is 2.58. The Hall–Kier alpha value is -1.71. The van der Waals surface area contributed by atoms with Gasteiger partial charge in [-0.15, -0.1) is 0 Å². The van der Waals surface area contributed by atoms with E-state index >= 15 is 0 Å². The van der Waals surface area contributed by atoms with Crippen molar-refractivity contribution >= 4 is 17.3 Å². The van der Waals surface area contributed by atoms with E-state index in [1.54, 1.807) is 0 Å². The van der Waals surface area contributed by atoms with Crippen molar-refractivity contribution in [1.82, 2.24) is 4.90 Å². The zero-order chi connectivity index (χ0) is 11.8. The van der Waals surface area contributed by atoms with Crippen LogP contribution in [0.2, 0.25) is 0 Å². The summed E-state index contributed by atoms with van der Waals surface area (Å²) >= 11 is 0. The van der Waals surface area contributed by atoms with Gasteiger partial charge in [-0.25, -0.2) is 0 Å². The third-order valence-corrected chi connectivity index (χ3v) is 3.64. The highest BCUT2D eigenvalue weighted by molar-refractivity contribution is 5.83. The van der Waals surface area contributed by atoms with Gasteiger partial charge in [0.05, 0.1) is 6.54 Å². The average molecular weight is 231 g/mol. The molecule has 0 bridgehead atoms. The van der Waals surface area contributed by atoms with Gasteiger partial charge in [0.15, 0.2) is 0 Å². The van der Waals surface area contributed by atoms with Crippen molar-refractivity contribution in [2.45, 2.75) is 12.8 Å². The molecular weight excluding hydrogens is 214 g/mol. The molecule has 2 aliphatic rings. The molecule has 0 aliphatic carbocycles. The van der Waals surface area contributed by atoms with Gasteiger partial charge in [0.2, 0.25) is 5.91 Å². The van der Waals surface area contributed by atoms with Crippen LogP contribution in [0.4, 0.5) is 11.4 Å². The zero-order valence-corrected chi connectivity index (χ0v) is 9.85. The van der Waals surface area contributed by atoms with Crippen molar-refractivity contribution in [3.63, 3.8) is 0 Å².